The van der Waals surface area contributed by atoms with E-state index in [4.69, 9.17) is 12.6 Å². The molecule has 0 unspecified atom stereocenters. The lowest BCUT2D eigenvalue weighted by Crippen LogP contribution is -2.37. The Morgan fingerprint density at radius 1 is 1.00 bits per heavy atom. The van der Waals surface area contributed by atoms with Crippen LogP contribution in [0.1, 0.15) is 12.5 Å². The number of hydrogen-bond donors (Lipinski definition) is 0. The number of rotatable bonds is 4. The lowest BCUT2D eigenvalue weighted by molar-refractivity contribution is -0.151. The van der Waals surface area contributed by atoms with E-state index < -0.39 is 17.8 Å². The first-order chi connectivity index (χ1) is 11.9. The summed E-state index contributed by atoms with van der Waals surface area (Å²) >= 11 is 0. The average Bonchev–Trinajstić information content (AvgIpc) is 2.60. The molecule has 0 fully saturated rings. The number of ether oxygens (including phenoxy) is 2. The lowest BCUT2D eigenvalue weighted by Gasteiger charge is -2.22. The number of amides is 1. The van der Waals surface area contributed by atoms with Gasteiger partial charge in [0.25, 0.3) is 0 Å². The van der Waals surface area contributed by atoms with E-state index in [0.29, 0.717) is 16.9 Å². The van der Waals surface area contributed by atoms with E-state index in [2.05, 4.69) is 4.74 Å². The van der Waals surface area contributed by atoms with Gasteiger partial charge in [0.15, 0.2) is 0 Å². The van der Waals surface area contributed by atoms with Crippen molar-refractivity contribution in [2.45, 2.75) is 13.5 Å². The molecule has 0 aliphatic heterocycles. The summed E-state index contributed by atoms with van der Waals surface area (Å²) in [6, 6.07) is 13.2. The summed E-state index contributed by atoms with van der Waals surface area (Å²) in [7, 11) is 6.81. The number of benzene rings is 2. The molecule has 0 spiro atoms. The van der Waals surface area contributed by atoms with Gasteiger partial charge in [-0.3, -0.25) is 14.5 Å². The van der Waals surface area contributed by atoms with Crippen LogP contribution >= 0.6 is 0 Å². The topological polar surface area (TPSA) is 72.9 Å². The maximum Gasteiger partial charge on any atom is 0.397 e. The van der Waals surface area contributed by atoms with Crippen LogP contribution in [0.5, 0.6) is 5.75 Å². The summed E-state index contributed by atoms with van der Waals surface area (Å²) in [6.45, 7) is 1.45. The minimum Gasteiger partial charge on any atom is -0.462 e. The van der Waals surface area contributed by atoms with Crippen molar-refractivity contribution in [3.63, 3.8) is 0 Å². The maximum absolute atomic E-state index is 12.3. The van der Waals surface area contributed by atoms with E-state index in [1.807, 2.05) is 0 Å². The van der Waals surface area contributed by atoms with E-state index in [9.17, 15) is 14.4 Å². The van der Waals surface area contributed by atoms with Crippen molar-refractivity contribution in [1.82, 2.24) is 0 Å². The molecule has 0 N–H and O–H groups in total. The van der Waals surface area contributed by atoms with Crippen LogP contribution in [0.4, 0.5) is 5.69 Å². The molecule has 0 saturated heterocycles. The molecule has 25 heavy (non-hydrogen) atoms. The largest absolute Gasteiger partial charge is 0.462 e. The van der Waals surface area contributed by atoms with Crippen LogP contribution in [-0.4, -0.2) is 32.8 Å². The second kappa shape index (κ2) is 8.14. The van der Waals surface area contributed by atoms with Crippen LogP contribution in [0.15, 0.2) is 48.5 Å². The standard InChI is InChI=1S/C18H16BNO5/c1-12(21)25-16-9-3-13(4-10-16)11-20(17(22)18(23)24-2)15-7-5-14(19)6-8-15/h3-10H,11H2,1-2H3. The molecule has 2 radical (unpaired) electrons. The third-order valence-electron chi connectivity index (χ3n) is 3.34. The number of carbonyl (C=O) groups is 3. The number of esters is 2. The van der Waals surface area contributed by atoms with Gasteiger partial charge in [0, 0.05) is 12.6 Å². The van der Waals surface area contributed by atoms with Gasteiger partial charge in [-0.15, -0.1) is 0 Å². The Hall–Kier alpha value is -3.09. The summed E-state index contributed by atoms with van der Waals surface area (Å²) in [5, 5.41) is 0. The first-order valence-corrected chi connectivity index (χ1v) is 7.43. The van der Waals surface area contributed by atoms with Gasteiger partial charge < -0.3 is 9.47 Å². The smallest absolute Gasteiger partial charge is 0.397 e. The summed E-state index contributed by atoms with van der Waals surface area (Å²) in [6.07, 6.45) is 0. The van der Waals surface area contributed by atoms with E-state index in [1.54, 1.807) is 48.5 Å². The average molecular weight is 337 g/mol. The highest BCUT2D eigenvalue weighted by molar-refractivity contribution is 6.38. The zero-order chi connectivity index (χ0) is 18.4. The predicted octanol–water partition coefficient (Wildman–Crippen LogP) is 1.11. The van der Waals surface area contributed by atoms with Crippen LogP contribution in [0.2, 0.25) is 0 Å². The summed E-state index contributed by atoms with van der Waals surface area (Å²) in [5.74, 6) is -1.78. The lowest BCUT2D eigenvalue weighted by atomic mass is 9.96. The quantitative estimate of drug-likeness (QED) is 0.362. The number of nitrogens with zero attached hydrogens (tertiary/aromatic N) is 1. The van der Waals surface area contributed by atoms with Crippen molar-refractivity contribution in [3.8, 4) is 5.75 Å². The number of anilines is 1. The molecule has 2 aromatic carbocycles. The van der Waals surface area contributed by atoms with Gasteiger partial charge in [0.2, 0.25) is 0 Å². The van der Waals surface area contributed by atoms with E-state index in [0.717, 1.165) is 12.7 Å². The van der Waals surface area contributed by atoms with Crippen LogP contribution in [0.3, 0.4) is 0 Å². The van der Waals surface area contributed by atoms with Gasteiger partial charge in [-0.2, -0.15) is 0 Å². The van der Waals surface area contributed by atoms with Gasteiger partial charge in [-0.05, 0) is 29.8 Å². The Balaban J connectivity index is 2.26. The molecule has 0 aliphatic rings. The molecule has 0 saturated carbocycles. The number of carbonyl (C=O) groups excluding carboxylic acids is 3. The third kappa shape index (κ3) is 4.94. The molecule has 0 bridgehead atoms. The molecule has 0 aromatic heterocycles. The van der Waals surface area contributed by atoms with E-state index >= 15 is 0 Å². The molecule has 2 rings (SSSR count). The fourth-order valence-electron chi connectivity index (χ4n) is 2.14. The van der Waals surface area contributed by atoms with Crippen molar-refractivity contribution in [3.05, 3.63) is 54.1 Å². The third-order valence-corrected chi connectivity index (χ3v) is 3.34. The molecule has 1 amide bonds. The molecule has 0 heterocycles. The highest BCUT2D eigenvalue weighted by atomic mass is 16.5. The SMILES string of the molecule is [B]c1ccc(N(Cc2ccc(OC(C)=O)cc2)C(=O)C(=O)OC)cc1. The Kier molecular flexibility index (Phi) is 5.95. The fourth-order valence-corrected chi connectivity index (χ4v) is 2.14. The minimum absolute atomic E-state index is 0.137. The Labute approximate surface area is 146 Å². The normalized spacial score (nSPS) is 10.0. The van der Waals surface area contributed by atoms with E-state index in [-0.39, 0.29) is 6.54 Å². The first kappa shape index (κ1) is 18.3. The summed E-state index contributed by atoms with van der Waals surface area (Å²) in [4.78, 5) is 36.2. The van der Waals surface area contributed by atoms with E-state index in [1.165, 1.54) is 11.8 Å². The molecule has 2 aromatic rings. The van der Waals surface area contributed by atoms with Crippen molar-refractivity contribution < 1.29 is 23.9 Å². The maximum atomic E-state index is 12.3. The molecule has 7 heteroatoms. The predicted molar refractivity (Wildman–Crippen MR) is 92.8 cm³/mol. The molecule has 0 atom stereocenters. The summed E-state index contributed by atoms with van der Waals surface area (Å²) in [5.41, 5.74) is 1.79. The Morgan fingerprint density at radius 2 is 1.60 bits per heavy atom. The van der Waals surface area contributed by atoms with Crippen molar-refractivity contribution in [1.29, 1.82) is 0 Å². The number of hydrogen-bond acceptors (Lipinski definition) is 5. The fraction of sp³-hybridized carbons (Fsp3) is 0.167. The van der Waals surface area contributed by atoms with Crippen molar-refractivity contribution in [2.24, 2.45) is 0 Å². The second-order valence-corrected chi connectivity index (χ2v) is 5.21. The van der Waals surface area contributed by atoms with Gasteiger partial charge in [-0.25, -0.2) is 4.79 Å². The second-order valence-electron chi connectivity index (χ2n) is 5.21. The molecular weight excluding hydrogens is 321 g/mol. The zero-order valence-electron chi connectivity index (χ0n) is 13.9. The van der Waals surface area contributed by atoms with Crippen molar-refractivity contribution >= 4 is 36.8 Å². The molecular formula is C18H16BNO5. The van der Waals surface area contributed by atoms with Gasteiger partial charge in [-0.1, -0.05) is 29.7 Å². The highest BCUT2D eigenvalue weighted by Crippen LogP contribution is 2.19. The Morgan fingerprint density at radius 3 is 2.12 bits per heavy atom. The monoisotopic (exact) mass is 337 g/mol. The molecule has 6 nitrogen and oxygen atoms in total. The summed E-state index contributed by atoms with van der Waals surface area (Å²) < 4.78 is 9.49. The van der Waals surface area contributed by atoms with Crippen LogP contribution in [-0.2, 0) is 25.7 Å². The van der Waals surface area contributed by atoms with Crippen LogP contribution < -0.4 is 15.1 Å². The number of methoxy groups -OCH3 is 1. The highest BCUT2D eigenvalue weighted by Gasteiger charge is 2.24. The van der Waals surface area contributed by atoms with Crippen LogP contribution in [0.25, 0.3) is 0 Å². The van der Waals surface area contributed by atoms with Gasteiger partial charge in [0.05, 0.1) is 13.7 Å². The zero-order valence-corrected chi connectivity index (χ0v) is 13.9. The Bertz CT molecular complexity index is 771. The van der Waals surface area contributed by atoms with Crippen molar-refractivity contribution in [2.75, 3.05) is 12.0 Å². The van der Waals surface area contributed by atoms with Gasteiger partial charge in [0.1, 0.15) is 13.6 Å². The molecule has 0 aliphatic carbocycles. The molecule has 126 valence electrons. The van der Waals surface area contributed by atoms with Crippen LogP contribution in [0, 0.1) is 0 Å². The van der Waals surface area contributed by atoms with Gasteiger partial charge >= 0.3 is 17.8 Å². The minimum atomic E-state index is -0.964. The first-order valence-electron chi connectivity index (χ1n) is 7.43.